The van der Waals surface area contributed by atoms with Crippen LogP contribution >= 0.6 is 0 Å². The van der Waals surface area contributed by atoms with E-state index in [0.717, 1.165) is 0 Å². The predicted molar refractivity (Wildman–Crippen MR) is 97.4 cm³/mol. The van der Waals surface area contributed by atoms with Crippen LogP contribution in [-0.2, 0) is 0 Å². The maximum atomic E-state index is 2.90. The Labute approximate surface area is 128 Å². The van der Waals surface area contributed by atoms with Crippen molar-refractivity contribution < 1.29 is 0 Å². The fourth-order valence-corrected chi connectivity index (χ4v) is 24.6. The van der Waals surface area contributed by atoms with Crippen molar-refractivity contribution in [2.75, 3.05) is 0 Å². The minimum atomic E-state index is -1.92. The molecule has 0 unspecified atom stereocenters. The van der Waals surface area contributed by atoms with E-state index in [2.05, 4.69) is 51.3 Å². The van der Waals surface area contributed by atoms with Gasteiger partial charge in [-0.2, -0.15) is 0 Å². The van der Waals surface area contributed by atoms with Crippen LogP contribution in [0.3, 0.4) is 0 Å². The van der Waals surface area contributed by atoms with Gasteiger partial charge in [-0.25, -0.2) is 0 Å². The molecule has 0 nitrogen and oxygen atoms in total. The van der Waals surface area contributed by atoms with Crippen LogP contribution in [0.2, 0.25) is 31.4 Å². The zero-order valence-electron chi connectivity index (χ0n) is 14.5. The van der Waals surface area contributed by atoms with E-state index in [0.29, 0.717) is 0 Å². The van der Waals surface area contributed by atoms with Crippen LogP contribution in [0.5, 0.6) is 0 Å². The van der Waals surface area contributed by atoms with Crippen molar-refractivity contribution in [2.24, 2.45) is 0 Å². The van der Waals surface area contributed by atoms with Gasteiger partial charge in [-0.15, -0.1) is 0 Å². The van der Waals surface area contributed by atoms with Crippen molar-refractivity contribution >= 4 is 26.5 Å². The summed E-state index contributed by atoms with van der Waals surface area (Å²) in [5, 5.41) is 0. The third-order valence-electron chi connectivity index (χ3n) is 5.15. The molecule has 0 aromatic rings. The zero-order chi connectivity index (χ0) is 14.8. The molecule has 0 aliphatic heterocycles. The molecule has 0 radical (unpaired) electrons. The maximum absolute atomic E-state index is 2.90. The Morgan fingerprint density at radius 3 is 1.32 bits per heavy atom. The first-order chi connectivity index (χ1) is 9.07. The fraction of sp³-hybridized carbons (Fsp3) is 0.882. The molecule has 0 saturated heterocycles. The molecule has 2 heteroatoms. The summed E-state index contributed by atoms with van der Waals surface area (Å²) < 4.78 is 7.67. The topological polar surface area (TPSA) is 0 Å². The average molecular weight is 389 g/mol. The van der Waals surface area contributed by atoms with Gasteiger partial charge in [0.25, 0.3) is 0 Å². The van der Waals surface area contributed by atoms with Gasteiger partial charge >= 0.3 is 128 Å². The standard InChI is InChI=1S/C8H17Si.3C3H7.Sn/c1-5-9(6-2,7-3)8-4;3*1-3-2;/h1,5H,6-8H2,2-4H3;3*1,3H2,2H3;. The van der Waals surface area contributed by atoms with Gasteiger partial charge in [0.2, 0.25) is 0 Å². The summed E-state index contributed by atoms with van der Waals surface area (Å²) in [6.07, 6.45) is 4.25. The van der Waals surface area contributed by atoms with E-state index in [-0.39, 0.29) is 0 Å². The van der Waals surface area contributed by atoms with Crippen LogP contribution in [0, 0.1) is 0 Å². The number of rotatable bonds is 11. The normalized spacial score (nSPS) is 13.4. The van der Waals surface area contributed by atoms with E-state index < -0.39 is 26.5 Å². The summed E-state index contributed by atoms with van der Waals surface area (Å²) in [5.74, 6) is 0. The first-order valence-electron chi connectivity index (χ1n) is 8.77. The molecular weight excluding hydrogens is 351 g/mol. The van der Waals surface area contributed by atoms with Crippen molar-refractivity contribution in [3.63, 3.8) is 0 Å². The molecule has 0 spiro atoms. The van der Waals surface area contributed by atoms with Gasteiger partial charge in [0.05, 0.1) is 0 Å². The second-order valence-corrected chi connectivity index (χ2v) is 24.6. The molecule has 0 bridgehead atoms. The van der Waals surface area contributed by atoms with Gasteiger partial charge in [0.1, 0.15) is 0 Å². The van der Waals surface area contributed by atoms with Gasteiger partial charge in [0.15, 0.2) is 0 Å². The molecule has 0 aliphatic rings. The molecule has 0 fully saturated rings. The summed E-state index contributed by atoms with van der Waals surface area (Å²) in [7, 11) is -1.04. The van der Waals surface area contributed by atoms with Crippen molar-refractivity contribution in [1.29, 1.82) is 0 Å². The summed E-state index contributed by atoms with van der Waals surface area (Å²) in [5.41, 5.74) is 2.82. The van der Waals surface area contributed by atoms with E-state index in [1.54, 1.807) is 13.3 Å². The van der Waals surface area contributed by atoms with Crippen LogP contribution < -0.4 is 0 Å². The Hall–Kier alpha value is 0.756. The Morgan fingerprint density at radius 1 is 0.684 bits per heavy atom. The Balaban J connectivity index is 5.14. The predicted octanol–water partition coefficient (Wildman–Crippen LogP) is 6.81. The Bertz CT molecular complexity index is 218. The van der Waals surface area contributed by atoms with Crippen molar-refractivity contribution in [3.05, 3.63) is 9.79 Å². The number of hydrogen-bond donors (Lipinski definition) is 0. The SMILES string of the molecule is CC[CH2][Sn](/[CH]=C/[Si](CC)(CC)CC)([CH2]CC)[CH2]CC. The van der Waals surface area contributed by atoms with Gasteiger partial charge in [0, 0.05) is 0 Å². The first-order valence-corrected chi connectivity index (χ1v) is 19.2. The van der Waals surface area contributed by atoms with Crippen LogP contribution in [0.15, 0.2) is 9.79 Å². The second-order valence-electron chi connectivity index (χ2n) is 6.37. The molecule has 0 aromatic carbocycles. The Morgan fingerprint density at radius 2 is 1.05 bits per heavy atom. The molecule has 114 valence electrons. The van der Waals surface area contributed by atoms with Gasteiger partial charge in [-0.05, 0) is 0 Å². The zero-order valence-corrected chi connectivity index (χ0v) is 18.4. The van der Waals surface area contributed by atoms with E-state index in [1.165, 1.54) is 37.4 Å². The van der Waals surface area contributed by atoms with Crippen LogP contribution in [-0.4, -0.2) is 26.5 Å². The molecule has 0 N–H and O–H groups in total. The second kappa shape index (κ2) is 10.5. The van der Waals surface area contributed by atoms with Gasteiger partial charge < -0.3 is 0 Å². The molecule has 0 aliphatic carbocycles. The molecule has 0 heterocycles. The molecule has 0 amide bonds. The van der Waals surface area contributed by atoms with E-state index in [1.807, 2.05) is 0 Å². The molecule has 19 heavy (non-hydrogen) atoms. The molecular formula is C17H38SiSn. The van der Waals surface area contributed by atoms with E-state index in [9.17, 15) is 0 Å². The molecule has 0 aromatic heterocycles. The van der Waals surface area contributed by atoms with E-state index >= 15 is 0 Å². The Kier molecular flexibility index (Phi) is 10.9. The minimum absolute atomic E-state index is 1.04. The van der Waals surface area contributed by atoms with Crippen molar-refractivity contribution in [2.45, 2.75) is 92.2 Å². The first kappa shape index (κ1) is 19.8. The number of hydrogen-bond acceptors (Lipinski definition) is 0. The van der Waals surface area contributed by atoms with E-state index in [4.69, 9.17) is 0 Å². The monoisotopic (exact) mass is 390 g/mol. The summed E-state index contributed by atoms with van der Waals surface area (Å²) in [4.78, 5) is 0. The van der Waals surface area contributed by atoms with Gasteiger partial charge in [-0.3, -0.25) is 0 Å². The quantitative estimate of drug-likeness (QED) is 0.341. The van der Waals surface area contributed by atoms with Crippen molar-refractivity contribution in [3.8, 4) is 0 Å². The third-order valence-corrected chi connectivity index (χ3v) is 26.5. The molecule has 0 saturated carbocycles. The van der Waals surface area contributed by atoms with Crippen LogP contribution in [0.1, 0.15) is 60.8 Å². The summed E-state index contributed by atoms with van der Waals surface area (Å²) in [6, 6.07) is 4.34. The average Bonchev–Trinajstić information content (AvgIpc) is 2.42. The molecule has 0 atom stereocenters. The van der Waals surface area contributed by atoms with Crippen molar-refractivity contribution in [1.82, 2.24) is 0 Å². The fourth-order valence-electron chi connectivity index (χ4n) is 3.58. The third kappa shape index (κ3) is 6.37. The summed E-state index contributed by atoms with van der Waals surface area (Å²) in [6.45, 7) is 14.5. The van der Waals surface area contributed by atoms with Crippen LogP contribution in [0.4, 0.5) is 0 Å². The molecule has 0 rings (SSSR count). The van der Waals surface area contributed by atoms with Gasteiger partial charge in [-0.1, -0.05) is 0 Å². The van der Waals surface area contributed by atoms with Crippen LogP contribution in [0.25, 0.3) is 0 Å². The summed E-state index contributed by atoms with van der Waals surface area (Å²) >= 11 is -1.92.